The molecule has 0 bridgehead atoms. The Labute approximate surface area is 213 Å². The fourth-order valence-corrected chi connectivity index (χ4v) is 4.74. The monoisotopic (exact) mass is 492 g/mol. The van der Waals surface area contributed by atoms with Crippen LogP contribution < -0.4 is 9.47 Å². The minimum Gasteiger partial charge on any atom is -0.490 e. The van der Waals surface area contributed by atoms with Gasteiger partial charge in [0.1, 0.15) is 36.9 Å². The Kier molecular flexibility index (Phi) is 6.54. The topological polar surface area (TPSA) is 68.6 Å². The summed E-state index contributed by atoms with van der Waals surface area (Å²) in [4.78, 5) is 0. The van der Waals surface area contributed by atoms with Crippen molar-refractivity contribution in [1.82, 2.24) is 0 Å². The van der Waals surface area contributed by atoms with Gasteiger partial charge in [-0.15, -0.1) is 6.58 Å². The first kappa shape index (κ1) is 24.0. The first-order valence-corrected chi connectivity index (χ1v) is 13.1. The highest BCUT2D eigenvalue weighted by molar-refractivity contribution is 5.52. The molecule has 4 aliphatic rings. The molecule has 4 saturated heterocycles. The lowest BCUT2D eigenvalue weighted by Crippen LogP contribution is -2.21. The summed E-state index contributed by atoms with van der Waals surface area (Å²) in [6.45, 7) is 12.9. The summed E-state index contributed by atoms with van der Waals surface area (Å²) in [6, 6.07) is 11.2. The Morgan fingerprint density at radius 1 is 0.778 bits per heavy atom. The Bertz CT molecular complexity index is 1070. The van der Waals surface area contributed by atoms with Crippen molar-refractivity contribution in [3.8, 4) is 11.5 Å². The second-order valence-corrected chi connectivity index (χ2v) is 10.9. The fourth-order valence-electron chi connectivity index (χ4n) is 4.74. The fraction of sp³-hybridized carbons (Fsp3) is 0.533. The molecule has 4 heterocycles. The lowest BCUT2D eigenvalue weighted by molar-refractivity contribution is 0.257. The van der Waals surface area contributed by atoms with Crippen LogP contribution in [0, 0.1) is 0 Å². The summed E-state index contributed by atoms with van der Waals surface area (Å²) in [5, 5.41) is 0. The summed E-state index contributed by atoms with van der Waals surface area (Å²) in [5.41, 5.74) is 5.89. The predicted molar refractivity (Wildman–Crippen MR) is 136 cm³/mol. The number of benzene rings is 2. The van der Waals surface area contributed by atoms with Crippen molar-refractivity contribution in [2.75, 3.05) is 39.6 Å². The molecule has 0 aliphatic carbocycles. The summed E-state index contributed by atoms with van der Waals surface area (Å²) in [5.74, 6) is 1.91. The van der Waals surface area contributed by atoms with Crippen LogP contribution in [-0.4, -0.2) is 64.1 Å². The van der Waals surface area contributed by atoms with E-state index in [4.69, 9.17) is 28.4 Å². The maximum Gasteiger partial charge on any atom is 0.126 e. The largest absolute Gasteiger partial charge is 0.490 e. The van der Waals surface area contributed by atoms with Gasteiger partial charge in [0.05, 0.1) is 38.6 Å². The van der Waals surface area contributed by atoms with E-state index in [0.29, 0.717) is 13.2 Å². The zero-order chi connectivity index (χ0) is 24.7. The normalized spacial score (nSPS) is 25.8. The Balaban J connectivity index is 1.34. The van der Waals surface area contributed by atoms with E-state index >= 15 is 0 Å². The van der Waals surface area contributed by atoms with Gasteiger partial charge in [0.15, 0.2) is 0 Å². The van der Waals surface area contributed by atoms with Gasteiger partial charge in [-0.2, -0.15) is 0 Å². The molecular weight excluding hydrogens is 456 g/mol. The van der Waals surface area contributed by atoms with E-state index in [0.717, 1.165) is 62.8 Å². The quantitative estimate of drug-likeness (QED) is 0.291. The van der Waals surface area contributed by atoms with Crippen LogP contribution in [-0.2, 0) is 43.6 Å². The molecule has 6 nitrogen and oxygen atoms in total. The van der Waals surface area contributed by atoms with Crippen LogP contribution in [0.25, 0.3) is 0 Å². The van der Waals surface area contributed by atoms with E-state index < -0.39 is 0 Å². The molecule has 0 radical (unpaired) electrons. The number of ether oxygens (including phenoxy) is 6. The molecule has 2 aromatic rings. The Morgan fingerprint density at radius 2 is 1.31 bits per heavy atom. The van der Waals surface area contributed by atoms with Gasteiger partial charge >= 0.3 is 0 Å². The van der Waals surface area contributed by atoms with E-state index in [9.17, 15) is 0 Å². The lowest BCUT2D eigenvalue weighted by Gasteiger charge is -2.29. The molecule has 4 aliphatic heterocycles. The zero-order valence-corrected chi connectivity index (χ0v) is 21.3. The van der Waals surface area contributed by atoms with Gasteiger partial charge in [0, 0.05) is 18.3 Å². The van der Waals surface area contributed by atoms with Gasteiger partial charge in [-0.05, 0) is 40.3 Å². The van der Waals surface area contributed by atoms with E-state index in [1.807, 2.05) is 6.08 Å². The van der Waals surface area contributed by atoms with Crippen LogP contribution in [0.4, 0.5) is 0 Å². The maximum absolute atomic E-state index is 6.37. The highest BCUT2D eigenvalue weighted by Crippen LogP contribution is 2.40. The minimum absolute atomic E-state index is 0.214. The molecule has 0 saturated carbocycles. The van der Waals surface area contributed by atoms with Gasteiger partial charge in [0.25, 0.3) is 0 Å². The van der Waals surface area contributed by atoms with Gasteiger partial charge in [-0.25, -0.2) is 0 Å². The molecular formula is C30H36O6. The molecule has 0 aromatic heterocycles. The van der Waals surface area contributed by atoms with E-state index in [-0.39, 0.29) is 29.8 Å². The lowest BCUT2D eigenvalue weighted by atomic mass is 9.76. The number of rotatable bonds is 14. The average Bonchev–Trinajstić information content (AvgIpc) is 3.69. The highest BCUT2D eigenvalue weighted by Gasteiger charge is 2.33. The van der Waals surface area contributed by atoms with Crippen LogP contribution in [0.3, 0.4) is 0 Å². The molecule has 0 N–H and O–H groups in total. The zero-order valence-electron chi connectivity index (χ0n) is 21.3. The van der Waals surface area contributed by atoms with Crippen molar-refractivity contribution in [2.45, 2.75) is 62.9 Å². The van der Waals surface area contributed by atoms with Crippen molar-refractivity contribution in [1.29, 1.82) is 0 Å². The third kappa shape index (κ3) is 5.78. The molecule has 6 rings (SSSR count). The predicted octanol–water partition coefficient (Wildman–Crippen LogP) is 4.18. The van der Waals surface area contributed by atoms with E-state index in [1.165, 1.54) is 22.3 Å². The second-order valence-electron chi connectivity index (χ2n) is 10.9. The standard InChI is InChI=1S/C30H36O6/c1-4-5-19-8-22(6-7-28(19)35-17-26-15-33-26)30(2,3)23-9-20(11-24-13-31-24)29(36-18-27-16-34-27)21(10-23)12-25-14-32-25/h4,6-10,24-27H,1,5,11-18H2,2-3H3. The Hall–Kier alpha value is -2.38. The smallest absolute Gasteiger partial charge is 0.126 e. The summed E-state index contributed by atoms with van der Waals surface area (Å²) in [6.07, 6.45) is 5.42. The first-order valence-electron chi connectivity index (χ1n) is 13.1. The van der Waals surface area contributed by atoms with Crippen LogP contribution in [0.5, 0.6) is 11.5 Å². The van der Waals surface area contributed by atoms with Crippen LogP contribution in [0.15, 0.2) is 43.0 Å². The van der Waals surface area contributed by atoms with Crippen molar-refractivity contribution in [3.05, 3.63) is 70.8 Å². The third-order valence-electron chi connectivity index (χ3n) is 7.45. The molecule has 6 heteroatoms. The third-order valence-corrected chi connectivity index (χ3v) is 7.45. The molecule has 36 heavy (non-hydrogen) atoms. The second kappa shape index (κ2) is 9.82. The Morgan fingerprint density at radius 3 is 1.83 bits per heavy atom. The van der Waals surface area contributed by atoms with Crippen LogP contribution >= 0.6 is 0 Å². The minimum atomic E-state index is -0.218. The SMILES string of the molecule is C=CCc1cc(C(C)(C)c2cc(CC3CO3)c(OCC3CO3)c(CC3CO3)c2)ccc1OCC1CO1. The number of hydrogen-bond donors (Lipinski definition) is 0. The summed E-state index contributed by atoms with van der Waals surface area (Å²) in [7, 11) is 0. The molecule has 0 amide bonds. The highest BCUT2D eigenvalue weighted by atomic mass is 16.6. The molecule has 4 atom stereocenters. The molecule has 0 spiro atoms. The first-order chi connectivity index (χ1) is 17.5. The molecule has 4 fully saturated rings. The van der Waals surface area contributed by atoms with Gasteiger partial charge in [-0.3, -0.25) is 0 Å². The number of epoxide rings is 4. The van der Waals surface area contributed by atoms with E-state index in [2.05, 4.69) is 50.8 Å². The van der Waals surface area contributed by atoms with Crippen molar-refractivity contribution in [2.24, 2.45) is 0 Å². The maximum atomic E-state index is 6.37. The van der Waals surface area contributed by atoms with Gasteiger partial charge < -0.3 is 28.4 Å². The van der Waals surface area contributed by atoms with Crippen molar-refractivity contribution >= 4 is 0 Å². The van der Waals surface area contributed by atoms with Crippen molar-refractivity contribution in [3.63, 3.8) is 0 Å². The molecule has 2 aromatic carbocycles. The van der Waals surface area contributed by atoms with Gasteiger partial charge in [0.2, 0.25) is 0 Å². The molecule has 4 unspecified atom stereocenters. The molecule has 192 valence electrons. The van der Waals surface area contributed by atoms with Crippen LogP contribution in [0.1, 0.15) is 41.7 Å². The number of allylic oxidation sites excluding steroid dienone is 1. The van der Waals surface area contributed by atoms with Gasteiger partial charge in [-0.1, -0.05) is 44.2 Å². The average molecular weight is 493 g/mol. The van der Waals surface area contributed by atoms with E-state index in [1.54, 1.807) is 0 Å². The van der Waals surface area contributed by atoms with Crippen molar-refractivity contribution < 1.29 is 28.4 Å². The summed E-state index contributed by atoms with van der Waals surface area (Å²) >= 11 is 0. The summed E-state index contributed by atoms with van der Waals surface area (Å²) < 4.78 is 34.4. The number of hydrogen-bond acceptors (Lipinski definition) is 6. The van der Waals surface area contributed by atoms with Crippen LogP contribution in [0.2, 0.25) is 0 Å².